The molecule has 14 heavy (non-hydrogen) atoms. The molecule has 4 nitrogen and oxygen atoms in total. The van der Waals surface area contributed by atoms with Crippen molar-refractivity contribution in [2.45, 2.75) is 12.3 Å². The number of fused-ring (bicyclic) bond motifs is 1. The van der Waals surface area contributed by atoms with E-state index in [0.29, 0.717) is 11.3 Å². The van der Waals surface area contributed by atoms with Crippen molar-refractivity contribution < 1.29 is 18.4 Å². The molecule has 2 unspecified atom stereocenters. The lowest BCUT2D eigenvalue weighted by Gasteiger charge is -2.22. The smallest absolute Gasteiger partial charge is 0.277 e. The Morgan fingerprint density at radius 1 is 1.36 bits per heavy atom. The number of alkyl halides is 2. The number of halogens is 2. The first-order valence-electron chi connectivity index (χ1n) is 4.39. The van der Waals surface area contributed by atoms with Gasteiger partial charge in [-0.3, -0.25) is 14.5 Å². The van der Waals surface area contributed by atoms with Gasteiger partial charge in [-0.2, -0.15) is 0 Å². The van der Waals surface area contributed by atoms with E-state index in [-0.39, 0.29) is 11.8 Å². The number of hydrogen-bond donors (Lipinski definition) is 1. The van der Waals surface area contributed by atoms with E-state index in [0.717, 1.165) is 0 Å². The van der Waals surface area contributed by atoms with Gasteiger partial charge in [0.05, 0.1) is 24.9 Å². The number of hydrogen-bond acceptors (Lipinski definition) is 3. The van der Waals surface area contributed by atoms with Gasteiger partial charge in [0.15, 0.2) is 0 Å². The monoisotopic (exact) mass is 204 g/mol. The molecule has 0 spiro atoms. The summed E-state index contributed by atoms with van der Waals surface area (Å²) in [4.78, 5) is 23.2. The minimum atomic E-state index is -3.16. The summed E-state index contributed by atoms with van der Waals surface area (Å²) in [6.45, 7) is -1.71. The first-order chi connectivity index (χ1) is 6.46. The van der Waals surface area contributed by atoms with E-state index in [4.69, 9.17) is 5.73 Å². The van der Waals surface area contributed by atoms with Crippen LogP contribution in [0, 0.1) is 11.8 Å². The van der Waals surface area contributed by atoms with Crippen LogP contribution in [0.3, 0.4) is 0 Å². The zero-order valence-corrected chi connectivity index (χ0v) is 7.37. The molecule has 6 heteroatoms. The Morgan fingerprint density at radius 3 is 2.29 bits per heavy atom. The molecule has 1 aliphatic carbocycles. The molecule has 78 valence electrons. The third-order valence-corrected chi connectivity index (χ3v) is 2.64. The van der Waals surface area contributed by atoms with Crippen molar-refractivity contribution >= 4 is 11.8 Å². The topological polar surface area (TPSA) is 63.4 Å². The van der Waals surface area contributed by atoms with Gasteiger partial charge in [-0.05, 0) is 6.42 Å². The first kappa shape index (κ1) is 9.51. The summed E-state index contributed by atoms with van der Waals surface area (Å²) in [7, 11) is 0. The Morgan fingerprint density at radius 2 is 1.86 bits per heavy atom. The van der Waals surface area contributed by atoms with Gasteiger partial charge in [-0.15, -0.1) is 0 Å². The lowest BCUT2D eigenvalue weighted by molar-refractivity contribution is -0.147. The molecule has 2 N–H and O–H groups in total. The molecule has 0 aromatic rings. The van der Waals surface area contributed by atoms with Crippen molar-refractivity contribution in [1.29, 1.82) is 0 Å². The van der Waals surface area contributed by atoms with Crippen LogP contribution in [-0.4, -0.2) is 35.7 Å². The Balaban J connectivity index is 2.06. The van der Waals surface area contributed by atoms with Crippen molar-refractivity contribution in [2.75, 3.05) is 13.1 Å². The molecule has 1 saturated carbocycles. The second kappa shape index (κ2) is 2.73. The summed E-state index contributed by atoms with van der Waals surface area (Å²) in [6.07, 6.45) is 0.530. The van der Waals surface area contributed by atoms with Crippen molar-refractivity contribution in [3.8, 4) is 0 Å². The van der Waals surface area contributed by atoms with E-state index < -0.39 is 30.8 Å². The van der Waals surface area contributed by atoms with Gasteiger partial charge in [0, 0.05) is 0 Å². The van der Waals surface area contributed by atoms with Gasteiger partial charge in [-0.25, -0.2) is 8.78 Å². The molecule has 0 aromatic heterocycles. The van der Waals surface area contributed by atoms with Crippen LogP contribution in [0.1, 0.15) is 6.42 Å². The molecule has 2 atom stereocenters. The number of nitrogens with two attached hydrogens (primary N) is 1. The standard InChI is InChI=1S/C8H10F2N2O2/c9-8(10,2-11)3-12-6(13)4-1-5(4)7(12)14/h4-5H,1-3,11H2. The van der Waals surface area contributed by atoms with Crippen molar-refractivity contribution in [1.82, 2.24) is 4.90 Å². The summed E-state index contributed by atoms with van der Waals surface area (Å²) in [5, 5.41) is 0. The zero-order valence-electron chi connectivity index (χ0n) is 7.37. The molecular weight excluding hydrogens is 194 g/mol. The maximum atomic E-state index is 12.8. The quantitative estimate of drug-likeness (QED) is 0.635. The lowest BCUT2D eigenvalue weighted by atomic mass is 10.3. The molecule has 1 aliphatic heterocycles. The molecule has 1 saturated heterocycles. The largest absolute Gasteiger partial charge is 0.325 e. The van der Waals surface area contributed by atoms with Crippen LogP contribution >= 0.6 is 0 Å². The normalized spacial score (nSPS) is 30.9. The number of piperidine rings is 1. The van der Waals surface area contributed by atoms with E-state index in [1.54, 1.807) is 0 Å². The third kappa shape index (κ3) is 1.30. The van der Waals surface area contributed by atoms with Crippen LogP contribution < -0.4 is 5.73 Å². The Labute approximate surface area is 79.0 Å². The minimum Gasteiger partial charge on any atom is -0.325 e. The van der Waals surface area contributed by atoms with E-state index in [1.807, 2.05) is 0 Å². The number of imide groups is 1. The van der Waals surface area contributed by atoms with Crippen molar-refractivity contribution in [3.05, 3.63) is 0 Å². The molecule has 0 radical (unpaired) electrons. The Hall–Kier alpha value is -1.04. The maximum absolute atomic E-state index is 12.8. The fourth-order valence-corrected chi connectivity index (χ4v) is 1.70. The van der Waals surface area contributed by atoms with E-state index in [1.165, 1.54) is 0 Å². The fraction of sp³-hybridized carbons (Fsp3) is 0.750. The molecule has 2 fully saturated rings. The van der Waals surface area contributed by atoms with Crippen LogP contribution in [0.25, 0.3) is 0 Å². The average molecular weight is 204 g/mol. The molecule has 2 rings (SSSR count). The molecule has 2 amide bonds. The van der Waals surface area contributed by atoms with E-state index >= 15 is 0 Å². The van der Waals surface area contributed by atoms with Crippen LogP contribution in [0.4, 0.5) is 8.78 Å². The lowest BCUT2D eigenvalue weighted by Crippen LogP contribution is -2.45. The number of carbonyl (C=O) groups excluding carboxylic acids is 2. The van der Waals surface area contributed by atoms with E-state index in [9.17, 15) is 18.4 Å². The summed E-state index contributed by atoms with van der Waals surface area (Å²) in [6, 6.07) is 0. The van der Waals surface area contributed by atoms with Crippen LogP contribution in [0.5, 0.6) is 0 Å². The fourth-order valence-electron chi connectivity index (χ4n) is 1.70. The summed E-state index contributed by atoms with van der Waals surface area (Å²) < 4.78 is 25.6. The number of nitrogens with zero attached hydrogens (tertiary/aromatic N) is 1. The first-order valence-corrected chi connectivity index (χ1v) is 4.39. The predicted molar refractivity (Wildman–Crippen MR) is 42.3 cm³/mol. The second-order valence-corrected chi connectivity index (χ2v) is 3.77. The summed E-state index contributed by atoms with van der Waals surface area (Å²) in [5.41, 5.74) is 4.82. The Bertz CT molecular complexity index is 286. The Kier molecular flexibility index (Phi) is 1.85. The average Bonchev–Trinajstić information content (AvgIpc) is 2.87. The van der Waals surface area contributed by atoms with Gasteiger partial charge in [0.2, 0.25) is 11.8 Å². The molecule has 2 aliphatic rings. The predicted octanol–water partition coefficient (Wildman–Crippen LogP) is -0.415. The number of amides is 2. The highest BCUT2D eigenvalue weighted by Gasteiger charge is 2.60. The SMILES string of the molecule is NCC(F)(F)CN1C(=O)C2CC2C1=O. The van der Waals surface area contributed by atoms with Gasteiger partial charge in [0.1, 0.15) is 0 Å². The third-order valence-electron chi connectivity index (χ3n) is 2.64. The molecule has 0 aromatic carbocycles. The van der Waals surface area contributed by atoms with Crippen LogP contribution in [0.15, 0.2) is 0 Å². The zero-order chi connectivity index (χ0) is 10.5. The van der Waals surface area contributed by atoms with Gasteiger partial charge in [-0.1, -0.05) is 0 Å². The molecular formula is C8H10F2N2O2. The highest BCUT2D eigenvalue weighted by Crippen LogP contribution is 2.47. The minimum absolute atomic E-state index is 0.323. The second-order valence-electron chi connectivity index (χ2n) is 3.77. The highest BCUT2D eigenvalue weighted by molar-refractivity contribution is 6.08. The van der Waals surface area contributed by atoms with Crippen molar-refractivity contribution in [3.63, 3.8) is 0 Å². The number of likely N-dealkylation sites (tertiary alicyclic amines) is 1. The summed E-state index contributed by atoms with van der Waals surface area (Å²) >= 11 is 0. The van der Waals surface area contributed by atoms with Crippen molar-refractivity contribution in [2.24, 2.45) is 17.6 Å². The van der Waals surface area contributed by atoms with Gasteiger partial charge < -0.3 is 5.73 Å². The van der Waals surface area contributed by atoms with E-state index in [2.05, 4.69) is 0 Å². The highest BCUT2D eigenvalue weighted by atomic mass is 19.3. The molecule has 1 heterocycles. The van der Waals surface area contributed by atoms with Gasteiger partial charge in [0.25, 0.3) is 5.92 Å². The number of carbonyl (C=O) groups is 2. The maximum Gasteiger partial charge on any atom is 0.277 e. The van der Waals surface area contributed by atoms with Gasteiger partial charge >= 0.3 is 0 Å². The van der Waals surface area contributed by atoms with Crippen LogP contribution in [0.2, 0.25) is 0 Å². The summed E-state index contributed by atoms with van der Waals surface area (Å²) in [5.74, 6) is -4.74. The number of rotatable bonds is 3. The molecule has 0 bridgehead atoms. The van der Waals surface area contributed by atoms with Crippen LogP contribution in [-0.2, 0) is 9.59 Å².